The van der Waals surface area contributed by atoms with Crippen LogP contribution in [0.25, 0.3) is 0 Å². The molecule has 58 valence electrons. The molecule has 0 radical (unpaired) electrons. The average molecular weight is 138 g/mol. The summed E-state index contributed by atoms with van der Waals surface area (Å²) in [5, 5.41) is 0. The molecule has 0 aromatic carbocycles. The Morgan fingerprint density at radius 3 is 2.50 bits per heavy atom. The Balaban J connectivity index is 2.70. The molecule has 0 heteroatoms. The number of hydrogen-bond donors (Lipinski definition) is 0. The monoisotopic (exact) mass is 138 g/mol. The number of rotatable bonds is 0. The summed E-state index contributed by atoms with van der Waals surface area (Å²) in [5.74, 6) is 0.859. The van der Waals surface area contributed by atoms with Crippen LogP contribution in [0.3, 0.4) is 0 Å². The molecule has 0 nitrogen and oxygen atoms in total. The summed E-state index contributed by atoms with van der Waals surface area (Å²) in [5.41, 5.74) is 2.12. The van der Waals surface area contributed by atoms with Gasteiger partial charge in [-0.1, -0.05) is 32.4 Å². The molecule has 1 unspecified atom stereocenters. The van der Waals surface area contributed by atoms with E-state index in [1.54, 1.807) is 5.57 Å². The molecule has 0 saturated carbocycles. The molecular formula is C10H18. The summed E-state index contributed by atoms with van der Waals surface area (Å²) in [4.78, 5) is 0. The molecule has 0 aromatic heterocycles. The lowest BCUT2D eigenvalue weighted by Crippen LogP contribution is -2.24. The van der Waals surface area contributed by atoms with Crippen LogP contribution in [0.15, 0.2) is 11.6 Å². The molecule has 0 amide bonds. The van der Waals surface area contributed by atoms with Crippen molar-refractivity contribution in [1.82, 2.24) is 0 Å². The van der Waals surface area contributed by atoms with Gasteiger partial charge in [0.2, 0.25) is 0 Å². The fraction of sp³-hybridized carbons (Fsp3) is 0.800. The van der Waals surface area contributed by atoms with Crippen LogP contribution in [0.1, 0.15) is 40.5 Å². The van der Waals surface area contributed by atoms with Gasteiger partial charge < -0.3 is 0 Å². The Labute approximate surface area is 64.3 Å². The Morgan fingerprint density at radius 2 is 2.10 bits per heavy atom. The van der Waals surface area contributed by atoms with Crippen LogP contribution < -0.4 is 0 Å². The van der Waals surface area contributed by atoms with E-state index in [4.69, 9.17) is 0 Å². The third-order valence-electron chi connectivity index (χ3n) is 2.94. The van der Waals surface area contributed by atoms with Gasteiger partial charge in [-0.2, -0.15) is 0 Å². The van der Waals surface area contributed by atoms with E-state index in [1.165, 1.54) is 12.8 Å². The Morgan fingerprint density at radius 1 is 1.50 bits per heavy atom. The molecule has 0 aliphatic heterocycles. The van der Waals surface area contributed by atoms with Gasteiger partial charge in [-0.25, -0.2) is 0 Å². The van der Waals surface area contributed by atoms with E-state index in [0.29, 0.717) is 5.41 Å². The standard InChI is InChI=1S/C10H18/c1-8-5-6-10(3,4)9(2)7-8/h5,9H,6-7H2,1-4H3. The van der Waals surface area contributed by atoms with Gasteiger partial charge in [-0.3, -0.25) is 0 Å². The molecule has 1 atom stereocenters. The molecule has 0 aromatic rings. The summed E-state index contributed by atoms with van der Waals surface area (Å²) < 4.78 is 0. The lowest BCUT2D eigenvalue weighted by molar-refractivity contribution is 0.219. The predicted octanol–water partition coefficient (Wildman–Crippen LogP) is 3.39. The van der Waals surface area contributed by atoms with Crippen molar-refractivity contribution in [1.29, 1.82) is 0 Å². The summed E-state index contributed by atoms with van der Waals surface area (Å²) in [6.45, 7) is 9.32. The largest absolute Gasteiger partial charge is 0.0851 e. The molecule has 0 spiro atoms. The number of hydrogen-bond acceptors (Lipinski definition) is 0. The Kier molecular flexibility index (Phi) is 1.89. The van der Waals surface area contributed by atoms with Gasteiger partial charge in [0.1, 0.15) is 0 Å². The average Bonchev–Trinajstić information content (AvgIpc) is 1.81. The fourth-order valence-electron chi connectivity index (χ4n) is 1.48. The predicted molar refractivity (Wildman–Crippen MR) is 45.9 cm³/mol. The normalized spacial score (nSPS) is 31.6. The lowest BCUT2D eigenvalue weighted by atomic mass is 9.71. The minimum atomic E-state index is 0.541. The van der Waals surface area contributed by atoms with E-state index in [9.17, 15) is 0 Å². The van der Waals surface area contributed by atoms with Gasteiger partial charge >= 0.3 is 0 Å². The van der Waals surface area contributed by atoms with Crippen molar-refractivity contribution in [2.75, 3.05) is 0 Å². The highest BCUT2D eigenvalue weighted by Gasteiger charge is 2.27. The first kappa shape index (κ1) is 7.84. The van der Waals surface area contributed by atoms with Gasteiger partial charge in [0.25, 0.3) is 0 Å². The molecule has 0 heterocycles. The minimum absolute atomic E-state index is 0.541. The van der Waals surface area contributed by atoms with Crippen molar-refractivity contribution < 1.29 is 0 Å². The van der Waals surface area contributed by atoms with E-state index in [1.807, 2.05) is 0 Å². The zero-order chi connectivity index (χ0) is 7.78. The quantitative estimate of drug-likeness (QED) is 0.450. The fourth-order valence-corrected chi connectivity index (χ4v) is 1.48. The molecule has 10 heavy (non-hydrogen) atoms. The van der Waals surface area contributed by atoms with Crippen molar-refractivity contribution in [2.45, 2.75) is 40.5 Å². The van der Waals surface area contributed by atoms with Gasteiger partial charge in [-0.15, -0.1) is 0 Å². The molecule has 1 aliphatic rings. The summed E-state index contributed by atoms with van der Waals surface area (Å²) in [6, 6.07) is 0. The first-order valence-electron chi connectivity index (χ1n) is 4.18. The van der Waals surface area contributed by atoms with E-state index < -0.39 is 0 Å². The second-order valence-corrected chi connectivity index (χ2v) is 4.35. The molecule has 0 saturated heterocycles. The van der Waals surface area contributed by atoms with Crippen molar-refractivity contribution >= 4 is 0 Å². The molecule has 0 fully saturated rings. The number of allylic oxidation sites excluding steroid dienone is 2. The topological polar surface area (TPSA) is 0 Å². The summed E-state index contributed by atoms with van der Waals surface area (Å²) >= 11 is 0. The van der Waals surface area contributed by atoms with Crippen LogP contribution in [0.2, 0.25) is 0 Å². The van der Waals surface area contributed by atoms with Crippen LogP contribution in [0.5, 0.6) is 0 Å². The molecule has 0 bridgehead atoms. The second kappa shape index (κ2) is 2.41. The third-order valence-corrected chi connectivity index (χ3v) is 2.94. The first-order chi connectivity index (χ1) is 4.52. The second-order valence-electron chi connectivity index (χ2n) is 4.35. The highest BCUT2D eigenvalue weighted by Crippen LogP contribution is 2.38. The Bertz CT molecular complexity index is 151. The summed E-state index contributed by atoms with van der Waals surface area (Å²) in [7, 11) is 0. The van der Waals surface area contributed by atoms with E-state index >= 15 is 0 Å². The van der Waals surface area contributed by atoms with Crippen LogP contribution >= 0.6 is 0 Å². The van der Waals surface area contributed by atoms with Crippen LogP contribution in [-0.4, -0.2) is 0 Å². The maximum Gasteiger partial charge on any atom is -0.0291 e. The van der Waals surface area contributed by atoms with E-state index in [0.717, 1.165) is 5.92 Å². The highest BCUT2D eigenvalue weighted by atomic mass is 14.3. The van der Waals surface area contributed by atoms with Crippen molar-refractivity contribution in [3.8, 4) is 0 Å². The highest BCUT2D eigenvalue weighted by molar-refractivity contribution is 5.07. The van der Waals surface area contributed by atoms with Crippen molar-refractivity contribution in [2.24, 2.45) is 11.3 Å². The molecule has 0 N–H and O–H groups in total. The van der Waals surface area contributed by atoms with Crippen molar-refractivity contribution in [3.63, 3.8) is 0 Å². The third kappa shape index (κ3) is 1.42. The minimum Gasteiger partial charge on any atom is -0.0851 e. The van der Waals surface area contributed by atoms with E-state index in [-0.39, 0.29) is 0 Å². The van der Waals surface area contributed by atoms with Gasteiger partial charge in [0, 0.05) is 0 Å². The maximum atomic E-state index is 2.39. The Hall–Kier alpha value is -0.260. The molecular weight excluding hydrogens is 120 g/mol. The van der Waals surface area contributed by atoms with Crippen LogP contribution in [0.4, 0.5) is 0 Å². The van der Waals surface area contributed by atoms with Gasteiger partial charge in [-0.05, 0) is 31.1 Å². The zero-order valence-electron chi connectivity index (χ0n) is 7.57. The van der Waals surface area contributed by atoms with Gasteiger partial charge in [0.05, 0.1) is 0 Å². The molecule has 1 aliphatic carbocycles. The van der Waals surface area contributed by atoms with E-state index in [2.05, 4.69) is 33.8 Å². The SMILES string of the molecule is CC1=CCC(C)(C)C(C)C1. The first-order valence-corrected chi connectivity index (χ1v) is 4.18. The van der Waals surface area contributed by atoms with Gasteiger partial charge in [0.15, 0.2) is 0 Å². The maximum absolute atomic E-state index is 2.39. The molecule has 1 rings (SSSR count). The van der Waals surface area contributed by atoms with Crippen molar-refractivity contribution in [3.05, 3.63) is 11.6 Å². The lowest BCUT2D eigenvalue weighted by Gasteiger charge is -2.35. The van der Waals surface area contributed by atoms with Crippen LogP contribution in [0, 0.1) is 11.3 Å². The summed E-state index contributed by atoms with van der Waals surface area (Å²) in [6.07, 6.45) is 4.95. The van der Waals surface area contributed by atoms with Crippen LogP contribution in [-0.2, 0) is 0 Å². The smallest absolute Gasteiger partial charge is 0.0291 e. The zero-order valence-corrected chi connectivity index (χ0v) is 7.57.